The first-order valence-electron chi connectivity index (χ1n) is 4.70. The second-order valence-corrected chi connectivity index (χ2v) is 3.67. The minimum atomic E-state index is 0.00677. The van der Waals surface area contributed by atoms with E-state index in [4.69, 9.17) is 16.3 Å². The summed E-state index contributed by atoms with van der Waals surface area (Å²) in [6.07, 6.45) is 0.238. The summed E-state index contributed by atoms with van der Waals surface area (Å²) < 4.78 is 5.17. The zero-order valence-electron chi connectivity index (χ0n) is 8.07. The first-order chi connectivity index (χ1) is 7.25. The lowest BCUT2D eigenvalue weighted by Gasteiger charge is -2.01. The normalized spacial score (nSPS) is 14.6. The molecule has 1 heterocycles. The SMILES string of the molecule is O=C(CC1=NCCO1)c1ccc(Cl)cc1. The van der Waals surface area contributed by atoms with E-state index in [0.717, 1.165) is 0 Å². The first-order valence-corrected chi connectivity index (χ1v) is 5.08. The van der Waals surface area contributed by atoms with Gasteiger partial charge in [0.1, 0.15) is 6.61 Å². The molecule has 0 radical (unpaired) electrons. The number of rotatable bonds is 3. The standard InChI is InChI=1S/C11H10ClNO2/c12-9-3-1-8(2-4-9)10(14)7-11-13-5-6-15-11/h1-4H,5-7H2. The molecular formula is C11H10ClNO2. The van der Waals surface area contributed by atoms with Gasteiger partial charge in [-0.2, -0.15) is 0 Å². The smallest absolute Gasteiger partial charge is 0.191 e. The number of ketones is 1. The van der Waals surface area contributed by atoms with Crippen LogP contribution in [0, 0.1) is 0 Å². The van der Waals surface area contributed by atoms with Crippen LogP contribution in [0.25, 0.3) is 0 Å². The maximum atomic E-state index is 11.7. The molecule has 0 unspecified atom stereocenters. The highest BCUT2D eigenvalue weighted by molar-refractivity contribution is 6.30. The van der Waals surface area contributed by atoms with Gasteiger partial charge in [0, 0.05) is 10.6 Å². The highest BCUT2D eigenvalue weighted by Crippen LogP contribution is 2.12. The van der Waals surface area contributed by atoms with Crippen LogP contribution in [0.1, 0.15) is 16.8 Å². The van der Waals surface area contributed by atoms with Gasteiger partial charge in [-0.05, 0) is 24.3 Å². The predicted octanol–water partition coefficient (Wildman–Crippen LogP) is 2.34. The topological polar surface area (TPSA) is 38.7 Å². The number of hydrogen-bond donors (Lipinski definition) is 0. The maximum absolute atomic E-state index is 11.7. The summed E-state index contributed by atoms with van der Waals surface area (Å²) >= 11 is 5.73. The minimum Gasteiger partial charge on any atom is -0.479 e. The van der Waals surface area contributed by atoms with Gasteiger partial charge in [-0.25, -0.2) is 0 Å². The van der Waals surface area contributed by atoms with Crippen molar-refractivity contribution in [1.29, 1.82) is 0 Å². The highest BCUT2D eigenvalue weighted by atomic mass is 35.5. The first kappa shape index (κ1) is 10.2. The van der Waals surface area contributed by atoms with Gasteiger partial charge in [0.2, 0.25) is 0 Å². The number of ether oxygens (including phenoxy) is 1. The molecule has 15 heavy (non-hydrogen) atoms. The molecule has 1 aromatic rings. The largest absolute Gasteiger partial charge is 0.479 e. The number of benzene rings is 1. The summed E-state index contributed by atoms with van der Waals surface area (Å²) in [4.78, 5) is 15.8. The zero-order valence-corrected chi connectivity index (χ0v) is 8.83. The molecule has 0 saturated heterocycles. The molecule has 1 aromatic carbocycles. The summed E-state index contributed by atoms with van der Waals surface area (Å²) in [7, 11) is 0. The molecule has 1 aliphatic heterocycles. The Kier molecular flexibility index (Phi) is 3.02. The summed E-state index contributed by atoms with van der Waals surface area (Å²) in [5.74, 6) is 0.544. The number of nitrogens with zero attached hydrogens (tertiary/aromatic N) is 1. The quantitative estimate of drug-likeness (QED) is 0.738. The molecule has 2 rings (SSSR count). The van der Waals surface area contributed by atoms with Crippen LogP contribution in [0.3, 0.4) is 0 Å². The number of carbonyl (C=O) groups is 1. The molecule has 4 heteroatoms. The van der Waals surface area contributed by atoms with Crippen LogP contribution in [-0.2, 0) is 4.74 Å². The number of Topliss-reactive ketones (excluding diaryl/α,β-unsaturated/α-hetero) is 1. The lowest BCUT2D eigenvalue weighted by atomic mass is 10.1. The predicted molar refractivity (Wildman–Crippen MR) is 58.7 cm³/mol. The molecule has 3 nitrogen and oxygen atoms in total. The van der Waals surface area contributed by atoms with E-state index < -0.39 is 0 Å². The van der Waals surface area contributed by atoms with Crippen molar-refractivity contribution in [3.8, 4) is 0 Å². The third-order valence-corrected chi connectivity index (χ3v) is 2.38. The summed E-state index contributed by atoms with van der Waals surface area (Å²) in [5, 5.41) is 0.626. The summed E-state index contributed by atoms with van der Waals surface area (Å²) in [6, 6.07) is 6.82. The minimum absolute atomic E-state index is 0.00677. The third kappa shape index (κ3) is 2.57. The summed E-state index contributed by atoms with van der Waals surface area (Å²) in [5.41, 5.74) is 0.637. The van der Waals surface area contributed by atoms with Crippen LogP contribution in [-0.4, -0.2) is 24.8 Å². The van der Waals surface area contributed by atoms with Crippen molar-refractivity contribution in [2.24, 2.45) is 4.99 Å². The number of hydrogen-bond acceptors (Lipinski definition) is 3. The molecule has 0 atom stereocenters. The Morgan fingerprint density at radius 3 is 2.73 bits per heavy atom. The van der Waals surface area contributed by atoms with E-state index in [1.165, 1.54) is 0 Å². The Morgan fingerprint density at radius 2 is 2.13 bits per heavy atom. The van der Waals surface area contributed by atoms with Crippen molar-refractivity contribution in [2.45, 2.75) is 6.42 Å². The van der Waals surface area contributed by atoms with E-state index in [9.17, 15) is 4.79 Å². The Hall–Kier alpha value is -1.35. The van der Waals surface area contributed by atoms with E-state index in [1.807, 2.05) is 0 Å². The van der Waals surface area contributed by atoms with Gasteiger partial charge < -0.3 is 4.74 Å². The lowest BCUT2D eigenvalue weighted by Crippen LogP contribution is -2.08. The lowest BCUT2D eigenvalue weighted by molar-refractivity contribution is 0.0994. The molecule has 78 valence electrons. The van der Waals surface area contributed by atoms with Crippen molar-refractivity contribution in [3.05, 3.63) is 34.9 Å². The highest BCUT2D eigenvalue weighted by Gasteiger charge is 2.13. The monoisotopic (exact) mass is 223 g/mol. The van der Waals surface area contributed by atoms with Crippen molar-refractivity contribution < 1.29 is 9.53 Å². The van der Waals surface area contributed by atoms with Crippen LogP contribution in [0.4, 0.5) is 0 Å². The molecule has 0 N–H and O–H groups in total. The van der Waals surface area contributed by atoms with Crippen LogP contribution in [0.5, 0.6) is 0 Å². The van der Waals surface area contributed by atoms with E-state index in [2.05, 4.69) is 4.99 Å². The average Bonchev–Trinajstić information content (AvgIpc) is 2.71. The molecular weight excluding hydrogens is 214 g/mol. The van der Waals surface area contributed by atoms with Crippen molar-refractivity contribution in [2.75, 3.05) is 13.2 Å². The fourth-order valence-corrected chi connectivity index (χ4v) is 1.49. The molecule has 0 spiro atoms. The molecule has 1 aliphatic rings. The van der Waals surface area contributed by atoms with Gasteiger partial charge in [-0.1, -0.05) is 11.6 Å². The number of carbonyl (C=O) groups excluding carboxylic acids is 1. The van der Waals surface area contributed by atoms with Crippen LogP contribution < -0.4 is 0 Å². The molecule has 0 aliphatic carbocycles. The Balaban J connectivity index is 2.04. The summed E-state index contributed by atoms with van der Waals surface area (Å²) in [6.45, 7) is 1.24. The van der Waals surface area contributed by atoms with Crippen LogP contribution >= 0.6 is 11.6 Å². The number of halogens is 1. The molecule has 0 aromatic heterocycles. The van der Waals surface area contributed by atoms with Gasteiger partial charge in [-0.3, -0.25) is 9.79 Å². The maximum Gasteiger partial charge on any atom is 0.191 e. The third-order valence-electron chi connectivity index (χ3n) is 2.13. The van der Waals surface area contributed by atoms with Crippen molar-refractivity contribution in [1.82, 2.24) is 0 Å². The second-order valence-electron chi connectivity index (χ2n) is 3.23. The molecule has 0 fully saturated rings. The molecule has 0 amide bonds. The van der Waals surface area contributed by atoms with Gasteiger partial charge in [-0.15, -0.1) is 0 Å². The Labute approximate surface area is 92.7 Å². The van der Waals surface area contributed by atoms with Gasteiger partial charge in [0.25, 0.3) is 0 Å². The fraction of sp³-hybridized carbons (Fsp3) is 0.273. The van der Waals surface area contributed by atoms with E-state index in [1.54, 1.807) is 24.3 Å². The van der Waals surface area contributed by atoms with Gasteiger partial charge in [0.15, 0.2) is 11.7 Å². The van der Waals surface area contributed by atoms with E-state index in [-0.39, 0.29) is 12.2 Å². The second kappa shape index (κ2) is 4.45. The van der Waals surface area contributed by atoms with Crippen LogP contribution in [0.2, 0.25) is 5.02 Å². The Morgan fingerprint density at radius 1 is 1.40 bits per heavy atom. The van der Waals surface area contributed by atoms with Crippen molar-refractivity contribution in [3.63, 3.8) is 0 Å². The van der Waals surface area contributed by atoms with Crippen LogP contribution in [0.15, 0.2) is 29.3 Å². The van der Waals surface area contributed by atoms with E-state index in [0.29, 0.717) is 29.6 Å². The molecule has 0 bridgehead atoms. The average molecular weight is 224 g/mol. The van der Waals surface area contributed by atoms with Crippen molar-refractivity contribution >= 4 is 23.3 Å². The zero-order chi connectivity index (χ0) is 10.7. The Bertz CT molecular complexity index is 398. The van der Waals surface area contributed by atoms with Gasteiger partial charge in [0.05, 0.1) is 13.0 Å². The van der Waals surface area contributed by atoms with Gasteiger partial charge >= 0.3 is 0 Å². The fourth-order valence-electron chi connectivity index (χ4n) is 1.36. The molecule has 0 saturated carbocycles. The van der Waals surface area contributed by atoms with E-state index >= 15 is 0 Å². The number of aliphatic imine (C=N–C) groups is 1.